The number of thiazole rings is 1. The summed E-state index contributed by atoms with van der Waals surface area (Å²) in [7, 11) is 0. The summed E-state index contributed by atoms with van der Waals surface area (Å²) in [6, 6.07) is 7.17. The smallest absolute Gasteiger partial charge is 0.274 e. The number of rotatable bonds is 1. The van der Waals surface area contributed by atoms with Crippen molar-refractivity contribution in [2.75, 3.05) is 5.73 Å². The highest BCUT2D eigenvalue weighted by Crippen LogP contribution is 2.27. The maximum atomic E-state index is 11.9. The molecule has 21 heavy (non-hydrogen) atoms. The molecule has 4 rings (SSSR count). The van der Waals surface area contributed by atoms with E-state index in [-0.39, 0.29) is 5.56 Å². The van der Waals surface area contributed by atoms with Crippen LogP contribution in [-0.2, 0) is 0 Å². The number of anilines is 1. The van der Waals surface area contributed by atoms with Crippen LogP contribution in [0.15, 0.2) is 29.1 Å². The minimum Gasteiger partial charge on any atom is -0.375 e. The van der Waals surface area contributed by atoms with Gasteiger partial charge in [0.15, 0.2) is 11.0 Å². The van der Waals surface area contributed by atoms with Gasteiger partial charge in [-0.2, -0.15) is 9.50 Å². The Balaban J connectivity index is 1.95. The summed E-state index contributed by atoms with van der Waals surface area (Å²) in [6.07, 6.45) is 0. The number of benzene rings is 1. The largest absolute Gasteiger partial charge is 0.375 e. The quantitative estimate of drug-likeness (QED) is 0.555. The van der Waals surface area contributed by atoms with Crippen molar-refractivity contribution < 1.29 is 0 Å². The van der Waals surface area contributed by atoms with E-state index >= 15 is 0 Å². The fourth-order valence-corrected chi connectivity index (χ4v) is 2.99. The van der Waals surface area contributed by atoms with Crippen LogP contribution in [0.25, 0.3) is 27.4 Å². The molecule has 0 radical (unpaired) electrons. The molecular weight excluding hydrogens is 288 g/mol. The van der Waals surface area contributed by atoms with E-state index < -0.39 is 0 Å². The Morgan fingerprint density at radius 3 is 2.95 bits per heavy atom. The van der Waals surface area contributed by atoms with Crippen LogP contribution in [0.1, 0.15) is 5.69 Å². The second-order valence-corrected chi connectivity index (χ2v) is 5.74. The highest BCUT2D eigenvalue weighted by atomic mass is 32.1. The highest BCUT2D eigenvalue weighted by Gasteiger charge is 2.10. The van der Waals surface area contributed by atoms with Crippen LogP contribution < -0.4 is 11.3 Å². The van der Waals surface area contributed by atoms with Gasteiger partial charge in [0.05, 0.1) is 10.2 Å². The van der Waals surface area contributed by atoms with Gasteiger partial charge in [0.25, 0.3) is 11.3 Å². The number of nitrogens with one attached hydrogen (secondary N) is 1. The maximum Gasteiger partial charge on any atom is 0.274 e. The third-order valence-corrected chi connectivity index (χ3v) is 3.98. The molecule has 0 aliphatic carbocycles. The van der Waals surface area contributed by atoms with Crippen molar-refractivity contribution in [2.24, 2.45) is 0 Å². The molecule has 4 aromatic rings. The minimum atomic E-state index is -0.181. The molecule has 8 heteroatoms. The standard InChI is InChI=1S/C13H10N6OS/c1-6-4-10(20)19-13(15-6)17-11(18-19)7-2-3-8-9(5-7)21-12(14)16-8/h2-5H,1H3,(H2,14,16)(H,15,17,18). The summed E-state index contributed by atoms with van der Waals surface area (Å²) >= 11 is 1.41. The number of fused-ring (bicyclic) bond motifs is 2. The lowest BCUT2D eigenvalue weighted by atomic mass is 10.2. The molecule has 3 aromatic heterocycles. The predicted molar refractivity (Wildman–Crippen MR) is 81.4 cm³/mol. The van der Waals surface area contributed by atoms with Gasteiger partial charge in [-0.3, -0.25) is 9.89 Å². The first-order valence-electron chi connectivity index (χ1n) is 6.23. The number of H-pyrrole nitrogens is 1. The highest BCUT2D eigenvalue weighted by molar-refractivity contribution is 7.22. The van der Waals surface area contributed by atoms with Crippen LogP contribution >= 0.6 is 11.3 Å². The molecule has 7 nitrogen and oxygen atoms in total. The molecule has 0 saturated heterocycles. The number of aromatic amines is 1. The summed E-state index contributed by atoms with van der Waals surface area (Å²) in [5.41, 5.74) is 7.87. The van der Waals surface area contributed by atoms with E-state index in [0.717, 1.165) is 15.8 Å². The lowest BCUT2D eigenvalue weighted by Gasteiger charge is -1.95. The molecule has 0 amide bonds. The topological polar surface area (TPSA) is 102 Å². The fraction of sp³-hybridized carbons (Fsp3) is 0.0769. The van der Waals surface area contributed by atoms with E-state index in [1.54, 1.807) is 6.92 Å². The summed E-state index contributed by atoms with van der Waals surface area (Å²) in [6.45, 7) is 1.77. The van der Waals surface area contributed by atoms with Gasteiger partial charge in [0, 0.05) is 17.3 Å². The average Bonchev–Trinajstić information content (AvgIpc) is 2.99. The van der Waals surface area contributed by atoms with E-state index in [1.165, 1.54) is 21.9 Å². The number of hydrogen-bond acceptors (Lipinski definition) is 6. The zero-order valence-electron chi connectivity index (χ0n) is 11.0. The third kappa shape index (κ3) is 1.88. The second kappa shape index (κ2) is 4.13. The van der Waals surface area contributed by atoms with Crippen molar-refractivity contribution in [3.63, 3.8) is 0 Å². The number of nitrogen functional groups attached to an aromatic ring is 1. The number of aryl methyl sites for hydroxylation is 1. The molecular formula is C13H10N6OS. The van der Waals surface area contributed by atoms with E-state index in [1.807, 2.05) is 18.2 Å². The van der Waals surface area contributed by atoms with Gasteiger partial charge in [0.1, 0.15) is 0 Å². The van der Waals surface area contributed by atoms with E-state index in [9.17, 15) is 4.79 Å². The monoisotopic (exact) mass is 298 g/mol. The lowest BCUT2D eigenvalue weighted by Crippen LogP contribution is -2.14. The summed E-state index contributed by atoms with van der Waals surface area (Å²) in [5.74, 6) is 0.943. The van der Waals surface area contributed by atoms with Crippen molar-refractivity contribution in [3.8, 4) is 11.4 Å². The molecule has 104 valence electrons. The molecule has 3 N–H and O–H groups in total. The van der Waals surface area contributed by atoms with Gasteiger partial charge in [-0.05, 0) is 25.1 Å². The lowest BCUT2D eigenvalue weighted by molar-refractivity contribution is 0.892. The number of nitrogens with zero attached hydrogens (tertiary/aromatic N) is 4. The molecule has 0 unspecified atom stereocenters. The Morgan fingerprint density at radius 2 is 2.10 bits per heavy atom. The van der Waals surface area contributed by atoms with Crippen molar-refractivity contribution in [3.05, 3.63) is 40.3 Å². The van der Waals surface area contributed by atoms with Gasteiger partial charge < -0.3 is 5.73 Å². The maximum absolute atomic E-state index is 11.9. The van der Waals surface area contributed by atoms with E-state index in [4.69, 9.17) is 5.73 Å². The van der Waals surface area contributed by atoms with Crippen molar-refractivity contribution in [1.82, 2.24) is 24.6 Å². The second-order valence-electron chi connectivity index (χ2n) is 4.68. The van der Waals surface area contributed by atoms with Crippen LogP contribution in [0.4, 0.5) is 5.13 Å². The zero-order chi connectivity index (χ0) is 14.6. The Bertz CT molecular complexity index is 1040. The van der Waals surface area contributed by atoms with Crippen molar-refractivity contribution in [1.29, 1.82) is 0 Å². The van der Waals surface area contributed by atoms with E-state index in [0.29, 0.717) is 22.4 Å². The zero-order valence-corrected chi connectivity index (χ0v) is 11.8. The molecule has 0 atom stereocenters. The summed E-state index contributed by atoms with van der Waals surface area (Å²) in [4.78, 5) is 24.7. The Labute approximate surface area is 122 Å². The van der Waals surface area contributed by atoms with Gasteiger partial charge in [-0.1, -0.05) is 11.3 Å². The van der Waals surface area contributed by atoms with Crippen LogP contribution in [0, 0.1) is 6.92 Å². The Morgan fingerprint density at radius 1 is 1.24 bits per heavy atom. The Kier molecular flexibility index (Phi) is 2.36. The van der Waals surface area contributed by atoms with Gasteiger partial charge in [-0.25, -0.2) is 9.97 Å². The first kappa shape index (κ1) is 12.0. The average molecular weight is 298 g/mol. The van der Waals surface area contributed by atoms with Gasteiger partial charge in [0.2, 0.25) is 0 Å². The minimum absolute atomic E-state index is 0.181. The first-order chi connectivity index (χ1) is 10.1. The number of hydrogen-bond donors (Lipinski definition) is 2. The van der Waals surface area contributed by atoms with Crippen molar-refractivity contribution >= 4 is 32.5 Å². The molecule has 0 aliphatic heterocycles. The van der Waals surface area contributed by atoms with Crippen molar-refractivity contribution in [2.45, 2.75) is 6.92 Å². The molecule has 0 aliphatic rings. The van der Waals surface area contributed by atoms with Crippen LogP contribution in [0.5, 0.6) is 0 Å². The van der Waals surface area contributed by atoms with E-state index in [2.05, 4.69) is 20.1 Å². The fourth-order valence-electron chi connectivity index (χ4n) is 2.21. The number of nitrogens with two attached hydrogens (primary N) is 1. The molecule has 3 heterocycles. The molecule has 0 saturated carbocycles. The van der Waals surface area contributed by atoms with Crippen LogP contribution in [0.3, 0.4) is 0 Å². The molecule has 0 fully saturated rings. The predicted octanol–water partition coefficient (Wildman–Crippen LogP) is 1.58. The molecule has 0 spiro atoms. The van der Waals surface area contributed by atoms with Gasteiger partial charge in [-0.15, -0.1) is 0 Å². The molecule has 0 bridgehead atoms. The molecule has 1 aromatic carbocycles. The SMILES string of the molecule is Cc1cc(=O)n2[nH]c(-c3ccc4nc(N)sc4c3)nc2n1. The normalized spacial score (nSPS) is 11.5. The first-order valence-corrected chi connectivity index (χ1v) is 7.05. The Hall–Kier alpha value is -2.74. The van der Waals surface area contributed by atoms with Crippen LogP contribution in [0.2, 0.25) is 0 Å². The van der Waals surface area contributed by atoms with Gasteiger partial charge >= 0.3 is 0 Å². The third-order valence-electron chi connectivity index (χ3n) is 3.14. The van der Waals surface area contributed by atoms with Crippen LogP contribution in [-0.4, -0.2) is 24.6 Å². The summed E-state index contributed by atoms with van der Waals surface area (Å²) in [5, 5.41) is 3.49. The summed E-state index contributed by atoms with van der Waals surface area (Å²) < 4.78 is 2.30. The number of aromatic nitrogens is 5.